The van der Waals surface area contributed by atoms with Gasteiger partial charge in [0.25, 0.3) is 5.91 Å². The van der Waals surface area contributed by atoms with Gasteiger partial charge in [-0.1, -0.05) is 30.7 Å². The molecule has 0 aliphatic heterocycles. The van der Waals surface area contributed by atoms with Gasteiger partial charge in [0.1, 0.15) is 11.6 Å². The molecule has 2 aromatic carbocycles. The third-order valence-electron chi connectivity index (χ3n) is 4.01. The number of halogens is 1. The second-order valence-corrected chi connectivity index (χ2v) is 6.06. The number of amides is 1. The number of rotatable bonds is 6. The molecule has 4 heteroatoms. The largest absolute Gasteiger partial charge is 0.481 e. The lowest BCUT2D eigenvalue weighted by atomic mass is 10.00. The van der Waals surface area contributed by atoms with Gasteiger partial charge in [-0.05, 0) is 62.6 Å². The molecule has 2 unspecified atom stereocenters. The summed E-state index contributed by atoms with van der Waals surface area (Å²) in [5, 5.41) is 3.00. The molecule has 0 aliphatic carbocycles. The van der Waals surface area contributed by atoms with Gasteiger partial charge in [-0.3, -0.25) is 4.79 Å². The molecule has 0 fully saturated rings. The molecule has 24 heavy (non-hydrogen) atoms. The van der Waals surface area contributed by atoms with Gasteiger partial charge >= 0.3 is 0 Å². The smallest absolute Gasteiger partial charge is 0.261 e. The van der Waals surface area contributed by atoms with E-state index in [1.54, 1.807) is 0 Å². The van der Waals surface area contributed by atoms with Crippen LogP contribution < -0.4 is 10.1 Å². The molecule has 128 valence electrons. The predicted octanol–water partition coefficient (Wildman–Crippen LogP) is 4.48. The fraction of sp³-hybridized carbons (Fsp3) is 0.350. The minimum Gasteiger partial charge on any atom is -0.481 e. The highest BCUT2D eigenvalue weighted by molar-refractivity contribution is 5.81. The minimum absolute atomic E-state index is 0.107. The Labute approximate surface area is 142 Å². The van der Waals surface area contributed by atoms with E-state index in [-0.39, 0.29) is 17.8 Å². The molecule has 0 heterocycles. The van der Waals surface area contributed by atoms with Gasteiger partial charge < -0.3 is 10.1 Å². The lowest BCUT2D eigenvalue weighted by Gasteiger charge is -2.22. The van der Waals surface area contributed by atoms with Crippen molar-refractivity contribution in [3.63, 3.8) is 0 Å². The van der Waals surface area contributed by atoms with Crippen LogP contribution in [-0.4, -0.2) is 12.0 Å². The predicted molar refractivity (Wildman–Crippen MR) is 93.6 cm³/mol. The van der Waals surface area contributed by atoms with Crippen LogP contribution in [0.5, 0.6) is 5.75 Å². The first-order chi connectivity index (χ1) is 11.4. The van der Waals surface area contributed by atoms with Crippen LogP contribution in [0.3, 0.4) is 0 Å². The van der Waals surface area contributed by atoms with Crippen LogP contribution in [0.2, 0.25) is 0 Å². The molecular weight excluding hydrogens is 305 g/mol. The zero-order chi connectivity index (χ0) is 17.7. The van der Waals surface area contributed by atoms with Crippen molar-refractivity contribution in [2.45, 2.75) is 46.3 Å². The van der Waals surface area contributed by atoms with Crippen LogP contribution in [0.15, 0.2) is 42.5 Å². The Morgan fingerprint density at radius 1 is 1.17 bits per heavy atom. The van der Waals surface area contributed by atoms with Gasteiger partial charge in [-0.15, -0.1) is 0 Å². The summed E-state index contributed by atoms with van der Waals surface area (Å²) in [6, 6.07) is 11.8. The standard InChI is InChI=1S/C20H24FNO2/c1-5-19(24-17-9-7-16(21)8-10-17)20(23)22-15(4)18-11-6-13(2)12-14(18)3/h6-12,15,19H,5H2,1-4H3,(H,22,23). The first kappa shape index (κ1) is 18.0. The second kappa shape index (κ2) is 7.95. The number of ether oxygens (including phenoxy) is 1. The second-order valence-electron chi connectivity index (χ2n) is 6.06. The lowest BCUT2D eigenvalue weighted by Crippen LogP contribution is -2.39. The van der Waals surface area contributed by atoms with E-state index in [1.807, 2.05) is 39.8 Å². The zero-order valence-corrected chi connectivity index (χ0v) is 14.6. The highest BCUT2D eigenvalue weighted by Crippen LogP contribution is 2.20. The Morgan fingerprint density at radius 2 is 1.83 bits per heavy atom. The summed E-state index contributed by atoms with van der Waals surface area (Å²) in [5.74, 6) is -0.0183. The van der Waals surface area contributed by atoms with Crippen molar-refractivity contribution < 1.29 is 13.9 Å². The van der Waals surface area contributed by atoms with Gasteiger partial charge in [0, 0.05) is 0 Å². The number of hydrogen-bond acceptors (Lipinski definition) is 2. The van der Waals surface area contributed by atoms with Crippen LogP contribution in [-0.2, 0) is 4.79 Å². The summed E-state index contributed by atoms with van der Waals surface area (Å²) in [7, 11) is 0. The number of carbonyl (C=O) groups is 1. The fourth-order valence-corrected chi connectivity index (χ4v) is 2.70. The van der Waals surface area contributed by atoms with Crippen molar-refractivity contribution in [1.82, 2.24) is 5.32 Å². The molecule has 0 aromatic heterocycles. The quantitative estimate of drug-likeness (QED) is 0.849. The average molecular weight is 329 g/mol. The minimum atomic E-state index is -0.608. The van der Waals surface area contributed by atoms with Crippen LogP contribution in [0.4, 0.5) is 4.39 Å². The molecule has 0 saturated heterocycles. The Balaban J connectivity index is 2.04. The van der Waals surface area contributed by atoms with E-state index in [1.165, 1.54) is 29.8 Å². The van der Waals surface area contributed by atoms with Crippen molar-refractivity contribution in [2.24, 2.45) is 0 Å². The Hall–Kier alpha value is -2.36. The summed E-state index contributed by atoms with van der Waals surface area (Å²) in [4.78, 5) is 12.5. The van der Waals surface area contributed by atoms with Gasteiger partial charge in [0.15, 0.2) is 6.10 Å². The summed E-state index contributed by atoms with van der Waals surface area (Å²) in [5.41, 5.74) is 3.43. The summed E-state index contributed by atoms with van der Waals surface area (Å²) >= 11 is 0. The van der Waals surface area contributed by atoms with Gasteiger partial charge in [0.2, 0.25) is 0 Å². The number of carbonyl (C=O) groups excluding carboxylic acids is 1. The van der Waals surface area contributed by atoms with Crippen molar-refractivity contribution in [3.05, 3.63) is 65.0 Å². The van der Waals surface area contributed by atoms with Gasteiger partial charge in [-0.2, -0.15) is 0 Å². The average Bonchev–Trinajstić information content (AvgIpc) is 2.54. The molecule has 2 aromatic rings. The van der Waals surface area contributed by atoms with Crippen LogP contribution in [0, 0.1) is 19.7 Å². The molecular formula is C20H24FNO2. The van der Waals surface area contributed by atoms with Crippen molar-refractivity contribution >= 4 is 5.91 Å². The highest BCUT2D eigenvalue weighted by Gasteiger charge is 2.21. The van der Waals surface area contributed by atoms with Gasteiger partial charge in [-0.25, -0.2) is 4.39 Å². The molecule has 0 radical (unpaired) electrons. The number of nitrogens with one attached hydrogen (secondary N) is 1. The van der Waals surface area contributed by atoms with Gasteiger partial charge in [0.05, 0.1) is 6.04 Å². The van der Waals surface area contributed by atoms with E-state index >= 15 is 0 Å². The summed E-state index contributed by atoms with van der Waals surface area (Å²) < 4.78 is 18.6. The SMILES string of the molecule is CCC(Oc1ccc(F)cc1)C(=O)NC(C)c1ccc(C)cc1C. The maximum Gasteiger partial charge on any atom is 0.261 e. The monoisotopic (exact) mass is 329 g/mol. The first-order valence-corrected chi connectivity index (χ1v) is 8.20. The molecule has 0 spiro atoms. The lowest BCUT2D eigenvalue weighted by molar-refractivity contribution is -0.128. The Morgan fingerprint density at radius 3 is 2.42 bits per heavy atom. The third-order valence-corrected chi connectivity index (χ3v) is 4.01. The van der Waals surface area contributed by atoms with E-state index in [2.05, 4.69) is 11.4 Å². The highest BCUT2D eigenvalue weighted by atomic mass is 19.1. The Bertz CT molecular complexity index is 697. The summed E-state index contributed by atoms with van der Waals surface area (Å²) in [6.45, 7) is 7.93. The van der Waals surface area contributed by atoms with E-state index in [4.69, 9.17) is 4.74 Å². The zero-order valence-electron chi connectivity index (χ0n) is 14.6. The van der Waals surface area contributed by atoms with E-state index in [0.717, 1.165) is 11.1 Å². The normalized spacial score (nSPS) is 13.2. The van der Waals surface area contributed by atoms with Crippen molar-refractivity contribution in [1.29, 1.82) is 0 Å². The first-order valence-electron chi connectivity index (χ1n) is 8.20. The molecule has 0 saturated carbocycles. The molecule has 1 N–H and O–H groups in total. The Kier molecular flexibility index (Phi) is 5.96. The van der Waals surface area contributed by atoms with Crippen LogP contribution in [0.25, 0.3) is 0 Å². The number of aryl methyl sites for hydroxylation is 2. The maximum atomic E-state index is 13.0. The number of benzene rings is 2. The van der Waals surface area contributed by atoms with Crippen molar-refractivity contribution in [3.8, 4) is 5.75 Å². The third kappa shape index (κ3) is 4.57. The van der Waals surface area contributed by atoms with E-state index in [9.17, 15) is 9.18 Å². The molecule has 3 nitrogen and oxygen atoms in total. The van der Waals surface area contributed by atoms with Crippen LogP contribution in [0.1, 0.15) is 43.0 Å². The fourth-order valence-electron chi connectivity index (χ4n) is 2.70. The molecule has 0 bridgehead atoms. The van der Waals surface area contributed by atoms with E-state index < -0.39 is 6.10 Å². The van der Waals surface area contributed by atoms with Crippen molar-refractivity contribution in [2.75, 3.05) is 0 Å². The topological polar surface area (TPSA) is 38.3 Å². The molecule has 2 atom stereocenters. The molecule has 1 amide bonds. The number of hydrogen-bond donors (Lipinski definition) is 1. The molecule has 2 rings (SSSR count). The molecule has 0 aliphatic rings. The van der Waals surface area contributed by atoms with E-state index in [0.29, 0.717) is 12.2 Å². The van der Waals surface area contributed by atoms with Crippen LogP contribution >= 0.6 is 0 Å². The maximum absolute atomic E-state index is 13.0. The summed E-state index contributed by atoms with van der Waals surface area (Å²) in [6.07, 6.45) is -0.0772.